The number of imidazole rings is 2. The second kappa shape index (κ2) is 3.63. The average Bonchev–Trinajstić information content (AvgIpc) is 2.74. The number of aromatic amines is 1. The van der Waals surface area contributed by atoms with Crippen molar-refractivity contribution in [1.82, 2.24) is 19.5 Å². The maximum absolute atomic E-state index is 5.44. The Kier molecular flexibility index (Phi) is 2.32. The lowest BCUT2D eigenvalue weighted by atomic mass is 10.4. The highest BCUT2D eigenvalue weighted by Crippen LogP contribution is 2.13. The quantitative estimate of drug-likeness (QED) is 0.733. The van der Waals surface area contributed by atoms with Gasteiger partial charge in [-0.05, 0) is 6.54 Å². The van der Waals surface area contributed by atoms with E-state index in [2.05, 4.69) is 15.0 Å². The number of aryl methyl sites for hydroxylation is 1. The SMILES string of the molecule is Cn1ccnc1-c1cnc(CCN)[nH]1. The Balaban J connectivity index is 2.29. The van der Waals surface area contributed by atoms with Crippen LogP contribution in [-0.4, -0.2) is 26.1 Å². The molecule has 0 amide bonds. The third-order valence-corrected chi connectivity index (χ3v) is 2.07. The van der Waals surface area contributed by atoms with Gasteiger partial charge in [0.05, 0.1) is 6.20 Å². The Morgan fingerprint density at radius 2 is 2.36 bits per heavy atom. The maximum Gasteiger partial charge on any atom is 0.157 e. The van der Waals surface area contributed by atoms with Gasteiger partial charge in [-0.15, -0.1) is 0 Å². The minimum atomic E-state index is 0.605. The van der Waals surface area contributed by atoms with Crippen LogP contribution in [0.25, 0.3) is 11.5 Å². The van der Waals surface area contributed by atoms with Gasteiger partial charge in [-0.2, -0.15) is 0 Å². The Labute approximate surface area is 82.0 Å². The summed E-state index contributed by atoms with van der Waals surface area (Å²) in [6.45, 7) is 0.605. The molecule has 3 N–H and O–H groups in total. The van der Waals surface area contributed by atoms with Crippen molar-refractivity contribution in [1.29, 1.82) is 0 Å². The van der Waals surface area contributed by atoms with Gasteiger partial charge in [-0.1, -0.05) is 0 Å². The van der Waals surface area contributed by atoms with Gasteiger partial charge in [-0.25, -0.2) is 9.97 Å². The Hall–Kier alpha value is -1.62. The topological polar surface area (TPSA) is 72.5 Å². The summed E-state index contributed by atoms with van der Waals surface area (Å²) in [6.07, 6.45) is 6.22. The van der Waals surface area contributed by atoms with E-state index in [1.165, 1.54) is 0 Å². The van der Waals surface area contributed by atoms with Crippen LogP contribution in [0.2, 0.25) is 0 Å². The molecule has 0 radical (unpaired) electrons. The van der Waals surface area contributed by atoms with Gasteiger partial charge < -0.3 is 15.3 Å². The molecule has 0 saturated heterocycles. The van der Waals surface area contributed by atoms with Gasteiger partial charge in [-0.3, -0.25) is 0 Å². The Bertz CT molecular complexity index is 414. The number of H-pyrrole nitrogens is 1. The fraction of sp³-hybridized carbons (Fsp3) is 0.333. The van der Waals surface area contributed by atoms with Gasteiger partial charge in [0.25, 0.3) is 0 Å². The van der Waals surface area contributed by atoms with E-state index in [1.54, 1.807) is 12.4 Å². The molecular weight excluding hydrogens is 178 g/mol. The zero-order valence-corrected chi connectivity index (χ0v) is 8.07. The largest absolute Gasteiger partial charge is 0.339 e. The van der Waals surface area contributed by atoms with E-state index in [0.717, 1.165) is 23.8 Å². The first-order valence-electron chi connectivity index (χ1n) is 4.53. The number of rotatable bonds is 3. The summed E-state index contributed by atoms with van der Waals surface area (Å²) in [4.78, 5) is 11.6. The van der Waals surface area contributed by atoms with Gasteiger partial charge in [0, 0.05) is 25.9 Å². The number of nitrogens with one attached hydrogen (secondary N) is 1. The monoisotopic (exact) mass is 191 g/mol. The molecule has 5 nitrogen and oxygen atoms in total. The van der Waals surface area contributed by atoms with Crippen molar-refractivity contribution in [3.05, 3.63) is 24.4 Å². The predicted molar refractivity (Wildman–Crippen MR) is 53.5 cm³/mol. The molecule has 2 aromatic heterocycles. The van der Waals surface area contributed by atoms with Gasteiger partial charge >= 0.3 is 0 Å². The number of aromatic nitrogens is 4. The maximum atomic E-state index is 5.44. The summed E-state index contributed by atoms with van der Waals surface area (Å²) in [6, 6.07) is 0. The zero-order chi connectivity index (χ0) is 9.97. The van der Waals surface area contributed by atoms with Crippen molar-refractivity contribution in [2.75, 3.05) is 6.54 Å². The molecule has 0 aliphatic heterocycles. The summed E-state index contributed by atoms with van der Waals surface area (Å²) in [5.41, 5.74) is 6.37. The van der Waals surface area contributed by atoms with E-state index in [9.17, 15) is 0 Å². The lowest BCUT2D eigenvalue weighted by Gasteiger charge is -1.96. The third-order valence-electron chi connectivity index (χ3n) is 2.07. The Morgan fingerprint density at radius 1 is 1.50 bits per heavy atom. The number of nitrogens with two attached hydrogens (primary N) is 1. The molecule has 5 heteroatoms. The van der Waals surface area contributed by atoms with E-state index >= 15 is 0 Å². The summed E-state index contributed by atoms with van der Waals surface area (Å²) in [7, 11) is 1.95. The molecule has 14 heavy (non-hydrogen) atoms. The molecule has 0 aliphatic rings. The summed E-state index contributed by atoms with van der Waals surface area (Å²) >= 11 is 0. The number of nitrogens with zero attached hydrogens (tertiary/aromatic N) is 3. The van der Waals surface area contributed by atoms with Crippen molar-refractivity contribution in [3.8, 4) is 11.5 Å². The number of hydrogen-bond acceptors (Lipinski definition) is 3. The van der Waals surface area contributed by atoms with Gasteiger partial charge in [0.2, 0.25) is 0 Å². The van der Waals surface area contributed by atoms with Crippen LogP contribution >= 0.6 is 0 Å². The zero-order valence-electron chi connectivity index (χ0n) is 8.07. The molecule has 0 aromatic carbocycles. The molecule has 0 spiro atoms. The highest BCUT2D eigenvalue weighted by Gasteiger charge is 2.06. The predicted octanol–water partition coefficient (Wildman–Crippen LogP) is 0.311. The van der Waals surface area contributed by atoms with Crippen LogP contribution < -0.4 is 5.73 Å². The smallest absolute Gasteiger partial charge is 0.157 e. The molecule has 0 atom stereocenters. The van der Waals surface area contributed by atoms with Crippen molar-refractivity contribution in [2.45, 2.75) is 6.42 Å². The normalized spacial score (nSPS) is 10.7. The van der Waals surface area contributed by atoms with Crippen LogP contribution in [0, 0.1) is 0 Å². The summed E-state index contributed by atoms with van der Waals surface area (Å²) in [5.74, 6) is 1.80. The molecule has 74 valence electrons. The molecule has 0 saturated carbocycles. The first-order valence-corrected chi connectivity index (χ1v) is 4.53. The van der Waals surface area contributed by atoms with Gasteiger partial charge in [0.1, 0.15) is 11.5 Å². The lowest BCUT2D eigenvalue weighted by Crippen LogP contribution is -2.03. The molecular formula is C9H13N5. The van der Waals surface area contributed by atoms with E-state index in [4.69, 9.17) is 5.73 Å². The number of hydrogen-bond donors (Lipinski definition) is 2. The van der Waals surface area contributed by atoms with Crippen molar-refractivity contribution < 1.29 is 0 Å². The first kappa shape index (κ1) is 8.96. The molecule has 0 unspecified atom stereocenters. The fourth-order valence-corrected chi connectivity index (χ4v) is 1.37. The van der Waals surface area contributed by atoms with E-state index in [1.807, 2.05) is 17.8 Å². The van der Waals surface area contributed by atoms with E-state index in [0.29, 0.717) is 6.54 Å². The van der Waals surface area contributed by atoms with E-state index in [-0.39, 0.29) is 0 Å². The van der Waals surface area contributed by atoms with Crippen LogP contribution in [-0.2, 0) is 13.5 Å². The Morgan fingerprint density at radius 3 is 3.00 bits per heavy atom. The standard InChI is InChI=1S/C9H13N5/c1-14-5-4-11-9(14)7-6-12-8(13-7)2-3-10/h4-6H,2-3,10H2,1H3,(H,12,13). The molecule has 0 bridgehead atoms. The van der Waals surface area contributed by atoms with Gasteiger partial charge in [0.15, 0.2) is 5.82 Å². The second-order valence-electron chi connectivity index (χ2n) is 3.14. The molecule has 0 fully saturated rings. The molecule has 2 rings (SSSR count). The summed E-state index contributed by atoms with van der Waals surface area (Å²) < 4.78 is 1.94. The fourth-order valence-electron chi connectivity index (χ4n) is 1.37. The van der Waals surface area contributed by atoms with Crippen LogP contribution in [0.4, 0.5) is 0 Å². The van der Waals surface area contributed by atoms with Crippen LogP contribution in [0.3, 0.4) is 0 Å². The first-order chi connectivity index (χ1) is 6.81. The molecule has 2 heterocycles. The van der Waals surface area contributed by atoms with Crippen molar-refractivity contribution in [2.24, 2.45) is 12.8 Å². The van der Waals surface area contributed by atoms with E-state index < -0.39 is 0 Å². The highest BCUT2D eigenvalue weighted by molar-refractivity contribution is 5.48. The summed E-state index contributed by atoms with van der Waals surface area (Å²) in [5, 5.41) is 0. The van der Waals surface area contributed by atoms with Crippen molar-refractivity contribution >= 4 is 0 Å². The van der Waals surface area contributed by atoms with Crippen LogP contribution in [0.15, 0.2) is 18.6 Å². The second-order valence-corrected chi connectivity index (χ2v) is 3.14. The van der Waals surface area contributed by atoms with Crippen LogP contribution in [0.1, 0.15) is 5.82 Å². The third kappa shape index (κ3) is 1.54. The van der Waals surface area contributed by atoms with Crippen molar-refractivity contribution in [3.63, 3.8) is 0 Å². The molecule has 2 aromatic rings. The lowest BCUT2D eigenvalue weighted by molar-refractivity contribution is 0.888. The van der Waals surface area contributed by atoms with Crippen LogP contribution in [0.5, 0.6) is 0 Å². The minimum Gasteiger partial charge on any atom is -0.339 e. The highest BCUT2D eigenvalue weighted by atomic mass is 15.1. The average molecular weight is 191 g/mol. The molecule has 0 aliphatic carbocycles. The minimum absolute atomic E-state index is 0.605.